The van der Waals surface area contributed by atoms with E-state index in [2.05, 4.69) is 17.1 Å². The van der Waals surface area contributed by atoms with Gasteiger partial charge in [-0.15, -0.1) is 0 Å². The molecule has 1 unspecified atom stereocenters. The first-order valence-electron chi connectivity index (χ1n) is 6.16. The number of thioether (sulfide) groups is 1. The van der Waals surface area contributed by atoms with Crippen molar-refractivity contribution in [3.63, 3.8) is 0 Å². The summed E-state index contributed by atoms with van der Waals surface area (Å²) in [5.41, 5.74) is 6.93. The molecule has 0 aromatic heterocycles. The van der Waals surface area contributed by atoms with Crippen molar-refractivity contribution in [2.24, 2.45) is 10.9 Å². The summed E-state index contributed by atoms with van der Waals surface area (Å²) >= 11 is 1.95. The van der Waals surface area contributed by atoms with E-state index in [4.69, 9.17) is 10.9 Å². The highest BCUT2D eigenvalue weighted by Crippen LogP contribution is 2.23. The van der Waals surface area contributed by atoms with Gasteiger partial charge in [0.25, 0.3) is 0 Å². The third kappa shape index (κ3) is 3.39. The van der Waals surface area contributed by atoms with E-state index < -0.39 is 0 Å². The molecule has 19 heavy (non-hydrogen) atoms. The van der Waals surface area contributed by atoms with Gasteiger partial charge in [0.15, 0.2) is 5.84 Å². The minimum atomic E-state index is -0.385. The molecule has 0 amide bonds. The zero-order chi connectivity index (χ0) is 13.8. The van der Waals surface area contributed by atoms with Crippen LogP contribution in [-0.4, -0.2) is 40.5 Å². The Morgan fingerprint density at radius 2 is 2.42 bits per heavy atom. The fourth-order valence-electron chi connectivity index (χ4n) is 2.25. The Labute approximate surface area is 116 Å². The van der Waals surface area contributed by atoms with Gasteiger partial charge in [0.1, 0.15) is 5.82 Å². The van der Waals surface area contributed by atoms with Crippen molar-refractivity contribution in [1.29, 1.82) is 0 Å². The Kier molecular flexibility index (Phi) is 4.66. The van der Waals surface area contributed by atoms with E-state index in [-0.39, 0.29) is 11.7 Å². The summed E-state index contributed by atoms with van der Waals surface area (Å²) in [7, 11) is 2.05. The molecule has 6 heteroatoms. The van der Waals surface area contributed by atoms with Crippen molar-refractivity contribution in [3.05, 3.63) is 35.1 Å². The van der Waals surface area contributed by atoms with Gasteiger partial charge in [-0.3, -0.25) is 4.90 Å². The molecule has 1 aliphatic heterocycles. The molecule has 0 saturated carbocycles. The monoisotopic (exact) mass is 283 g/mol. The number of nitrogens with zero attached hydrogens (tertiary/aromatic N) is 2. The van der Waals surface area contributed by atoms with E-state index in [0.717, 1.165) is 11.3 Å². The van der Waals surface area contributed by atoms with Gasteiger partial charge in [0.05, 0.1) is 0 Å². The van der Waals surface area contributed by atoms with E-state index in [1.807, 2.05) is 11.8 Å². The topological polar surface area (TPSA) is 61.8 Å². The van der Waals surface area contributed by atoms with Crippen molar-refractivity contribution < 1.29 is 9.60 Å². The first kappa shape index (κ1) is 14.1. The van der Waals surface area contributed by atoms with Gasteiger partial charge in [-0.25, -0.2) is 4.39 Å². The number of hydrogen-bond acceptors (Lipinski definition) is 4. The Hall–Kier alpha value is -1.27. The molecule has 1 fully saturated rings. The average molecular weight is 283 g/mol. The zero-order valence-electron chi connectivity index (χ0n) is 10.8. The summed E-state index contributed by atoms with van der Waals surface area (Å²) in [4.78, 5) is 2.24. The van der Waals surface area contributed by atoms with Crippen LogP contribution in [0.2, 0.25) is 0 Å². The SMILES string of the molecule is CN(Cc1ccc(F)cc1C(N)=NO)C1CCSC1. The Morgan fingerprint density at radius 1 is 1.63 bits per heavy atom. The second-order valence-corrected chi connectivity index (χ2v) is 5.87. The molecule has 2 rings (SSSR count). The molecule has 1 atom stereocenters. The van der Waals surface area contributed by atoms with E-state index in [1.165, 1.54) is 24.3 Å². The van der Waals surface area contributed by atoms with Crippen molar-refractivity contribution >= 4 is 17.6 Å². The number of halogens is 1. The lowest BCUT2D eigenvalue weighted by Gasteiger charge is -2.24. The zero-order valence-corrected chi connectivity index (χ0v) is 11.7. The summed E-state index contributed by atoms with van der Waals surface area (Å²) in [6, 6.07) is 4.94. The lowest BCUT2D eigenvalue weighted by molar-refractivity contribution is 0.254. The molecule has 104 valence electrons. The lowest BCUT2D eigenvalue weighted by Crippen LogP contribution is -2.32. The maximum Gasteiger partial charge on any atom is 0.170 e. The molecule has 1 saturated heterocycles. The van der Waals surface area contributed by atoms with Crippen molar-refractivity contribution in [3.8, 4) is 0 Å². The van der Waals surface area contributed by atoms with Gasteiger partial charge in [0.2, 0.25) is 0 Å². The number of oxime groups is 1. The van der Waals surface area contributed by atoms with Crippen molar-refractivity contribution in [2.45, 2.75) is 19.0 Å². The summed E-state index contributed by atoms with van der Waals surface area (Å²) in [5, 5.41) is 11.7. The van der Waals surface area contributed by atoms with Gasteiger partial charge < -0.3 is 10.9 Å². The van der Waals surface area contributed by atoms with Crippen LogP contribution in [-0.2, 0) is 6.54 Å². The first-order chi connectivity index (χ1) is 9.11. The van der Waals surface area contributed by atoms with Crippen LogP contribution in [0.3, 0.4) is 0 Å². The standard InChI is InChI=1S/C13H18FN3OS/c1-17(11-4-5-19-8-11)7-9-2-3-10(14)6-12(9)13(15)16-18/h2-3,6,11,18H,4-5,7-8H2,1H3,(H2,15,16). The van der Waals surface area contributed by atoms with Crippen LogP contribution in [0.1, 0.15) is 17.5 Å². The molecule has 1 heterocycles. The molecule has 1 aromatic carbocycles. The molecule has 0 spiro atoms. The fraction of sp³-hybridized carbons (Fsp3) is 0.462. The predicted molar refractivity (Wildman–Crippen MR) is 76.1 cm³/mol. The highest BCUT2D eigenvalue weighted by molar-refractivity contribution is 7.99. The number of amidine groups is 1. The smallest absolute Gasteiger partial charge is 0.170 e. The Bertz CT molecular complexity index is 475. The summed E-state index contributed by atoms with van der Waals surface area (Å²) < 4.78 is 13.3. The van der Waals surface area contributed by atoms with Crippen LogP contribution >= 0.6 is 11.8 Å². The normalized spacial score (nSPS) is 20.2. The molecule has 0 bridgehead atoms. The van der Waals surface area contributed by atoms with Crippen LogP contribution in [0.25, 0.3) is 0 Å². The molecule has 4 nitrogen and oxygen atoms in total. The van der Waals surface area contributed by atoms with Crippen molar-refractivity contribution in [1.82, 2.24) is 4.90 Å². The Balaban J connectivity index is 2.19. The minimum Gasteiger partial charge on any atom is -0.409 e. The van der Waals surface area contributed by atoms with Crippen LogP contribution in [0, 0.1) is 5.82 Å². The third-order valence-electron chi connectivity index (χ3n) is 3.40. The summed E-state index contributed by atoms with van der Waals surface area (Å²) in [6.07, 6.45) is 1.17. The maximum absolute atomic E-state index is 13.3. The number of benzene rings is 1. The fourth-order valence-corrected chi connectivity index (χ4v) is 3.54. The highest BCUT2D eigenvalue weighted by Gasteiger charge is 2.21. The molecule has 1 aromatic rings. The molecule has 1 aliphatic rings. The van der Waals surface area contributed by atoms with Crippen LogP contribution < -0.4 is 5.73 Å². The van der Waals surface area contributed by atoms with Gasteiger partial charge in [-0.1, -0.05) is 11.2 Å². The lowest BCUT2D eigenvalue weighted by atomic mass is 10.1. The first-order valence-corrected chi connectivity index (χ1v) is 7.31. The quantitative estimate of drug-likeness (QED) is 0.383. The number of rotatable bonds is 4. The minimum absolute atomic E-state index is 0.0521. The van der Waals surface area contributed by atoms with Crippen LogP contribution in [0.15, 0.2) is 23.4 Å². The second-order valence-electron chi connectivity index (χ2n) is 4.72. The third-order valence-corrected chi connectivity index (χ3v) is 4.55. The Morgan fingerprint density at radius 3 is 3.05 bits per heavy atom. The van der Waals surface area contributed by atoms with E-state index in [1.54, 1.807) is 6.07 Å². The number of hydrogen-bond donors (Lipinski definition) is 2. The maximum atomic E-state index is 13.3. The van der Waals surface area contributed by atoms with Gasteiger partial charge in [-0.2, -0.15) is 11.8 Å². The second kappa shape index (κ2) is 6.25. The van der Waals surface area contributed by atoms with Gasteiger partial charge in [-0.05, 0) is 36.9 Å². The molecular formula is C13H18FN3OS. The van der Waals surface area contributed by atoms with Gasteiger partial charge >= 0.3 is 0 Å². The van der Waals surface area contributed by atoms with E-state index in [9.17, 15) is 4.39 Å². The van der Waals surface area contributed by atoms with E-state index in [0.29, 0.717) is 18.2 Å². The molecule has 0 radical (unpaired) electrons. The highest BCUT2D eigenvalue weighted by atomic mass is 32.2. The summed E-state index contributed by atoms with van der Waals surface area (Å²) in [5.74, 6) is 1.87. The van der Waals surface area contributed by atoms with Gasteiger partial charge in [0, 0.05) is 23.9 Å². The summed E-state index contributed by atoms with van der Waals surface area (Å²) in [6.45, 7) is 0.664. The molecule has 3 N–H and O–H groups in total. The largest absolute Gasteiger partial charge is 0.409 e. The van der Waals surface area contributed by atoms with Crippen molar-refractivity contribution in [2.75, 3.05) is 18.6 Å². The molecular weight excluding hydrogens is 265 g/mol. The van der Waals surface area contributed by atoms with Crippen LogP contribution in [0.5, 0.6) is 0 Å². The predicted octanol–water partition coefficient (Wildman–Crippen LogP) is 1.86. The van der Waals surface area contributed by atoms with E-state index >= 15 is 0 Å². The number of nitrogens with two attached hydrogens (primary N) is 1. The molecule has 0 aliphatic carbocycles. The average Bonchev–Trinajstić information content (AvgIpc) is 2.94. The van der Waals surface area contributed by atoms with Crippen LogP contribution in [0.4, 0.5) is 4.39 Å².